The number of halogens is 1. The van der Waals surface area contributed by atoms with E-state index < -0.39 is 12.0 Å². The molecule has 1 aliphatic rings. The van der Waals surface area contributed by atoms with Crippen molar-refractivity contribution in [1.29, 1.82) is 0 Å². The molecule has 1 atom stereocenters. The Kier molecular flexibility index (Phi) is 4.79. The largest absolute Gasteiger partial charge is 0.480 e. The fourth-order valence-electron chi connectivity index (χ4n) is 2.94. The van der Waals surface area contributed by atoms with Crippen LogP contribution in [0.5, 0.6) is 0 Å². The van der Waals surface area contributed by atoms with Crippen molar-refractivity contribution < 1.29 is 9.90 Å². The van der Waals surface area contributed by atoms with Gasteiger partial charge in [-0.3, -0.25) is 14.7 Å². The molecule has 1 N–H and O–H groups in total. The summed E-state index contributed by atoms with van der Waals surface area (Å²) in [5.41, 5.74) is 1.84. The molecule has 1 fully saturated rings. The quantitative estimate of drug-likeness (QED) is 0.933. The number of aromatic nitrogens is 1. The van der Waals surface area contributed by atoms with Gasteiger partial charge in [0.05, 0.1) is 0 Å². The molecular formula is C17H18ClN3O2. The molecular weight excluding hydrogens is 314 g/mol. The zero-order valence-corrected chi connectivity index (χ0v) is 13.4. The first-order valence-corrected chi connectivity index (χ1v) is 7.90. The molecule has 0 amide bonds. The molecule has 0 spiro atoms. The first-order valence-electron chi connectivity index (χ1n) is 7.52. The molecule has 0 bridgehead atoms. The molecule has 2 heterocycles. The Morgan fingerprint density at radius 1 is 1.13 bits per heavy atom. The van der Waals surface area contributed by atoms with Gasteiger partial charge in [-0.2, -0.15) is 0 Å². The average Bonchev–Trinajstić information content (AvgIpc) is 2.57. The van der Waals surface area contributed by atoms with E-state index in [4.69, 9.17) is 11.6 Å². The predicted octanol–water partition coefficient (Wildman–Crippen LogP) is 2.68. The molecule has 1 aromatic heterocycles. The molecule has 120 valence electrons. The van der Waals surface area contributed by atoms with Gasteiger partial charge < -0.3 is 10.0 Å². The average molecular weight is 332 g/mol. The summed E-state index contributed by atoms with van der Waals surface area (Å²) in [6.07, 6.45) is 3.28. The van der Waals surface area contributed by atoms with E-state index in [9.17, 15) is 9.90 Å². The lowest BCUT2D eigenvalue weighted by molar-refractivity contribution is -0.143. The summed E-state index contributed by atoms with van der Waals surface area (Å²) in [6.45, 7) is 2.94. The second-order valence-corrected chi connectivity index (χ2v) is 5.96. The van der Waals surface area contributed by atoms with Gasteiger partial charge in [0.1, 0.15) is 6.04 Å². The fourth-order valence-corrected chi connectivity index (χ4v) is 3.06. The van der Waals surface area contributed by atoms with Gasteiger partial charge in [-0.05, 0) is 35.9 Å². The number of benzene rings is 1. The standard InChI is InChI=1S/C17H18ClN3O2/c18-14-3-5-15(6-4-14)20-8-10-21(11-9-20)16(17(22)23)13-2-1-7-19-12-13/h1-7,12,16H,8-11H2,(H,22,23). The number of aliphatic carboxylic acids is 1. The predicted molar refractivity (Wildman–Crippen MR) is 89.9 cm³/mol. The molecule has 1 aromatic carbocycles. The highest BCUT2D eigenvalue weighted by Gasteiger charge is 2.30. The first kappa shape index (κ1) is 15.8. The van der Waals surface area contributed by atoms with E-state index in [2.05, 4.69) is 9.88 Å². The van der Waals surface area contributed by atoms with Crippen molar-refractivity contribution in [3.8, 4) is 0 Å². The topological polar surface area (TPSA) is 56.7 Å². The van der Waals surface area contributed by atoms with Crippen molar-refractivity contribution in [2.45, 2.75) is 6.04 Å². The number of piperazine rings is 1. The first-order chi connectivity index (χ1) is 11.1. The number of carboxylic acid groups (broad SMARTS) is 1. The number of hydrogen-bond acceptors (Lipinski definition) is 4. The maximum Gasteiger partial charge on any atom is 0.325 e. The van der Waals surface area contributed by atoms with Crippen LogP contribution in [0.2, 0.25) is 5.02 Å². The van der Waals surface area contributed by atoms with Crippen LogP contribution in [0.3, 0.4) is 0 Å². The Hall–Kier alpha value is -2.11. The molecule has 0 saturated carbocycles. The molecule has 23 heavy (non-hydrogen) atoms. The van der Waals surface area contributed by atoms with Gasteiger partial charge in [-0.25, -0.2) is 0 Å². The Morgan fingerprint density at radius 2 is 1.83 bits per heavy atom. The number of rotatable bonds is 4. The van der Waals surface area contributed by atoms with Gasteiger partial charge in [-0.1, -0.05) is 17.7 Å². The van der Waals surface area contributed by atoms with Crippen molar-refractivity contribution >= 4 is 23.3 Å². The fraction of sp³-hybridized carbons (Fsp3) is 0.294. The smallest absolute Gasteiger partial charge is 0.325 e. The van der Waals surface area contributed by atoms with E-state index in [1.807, 2.05) is 35.2 Å². The minimum absolute atomic E-state index is 0.643. The minimum Gasteiger partial charge on any atom is -0.480 e. The lowest BCUT2D eigenvalue weighted by Gasteiger charge is -2.38. The maximum atomic E-state index is 11.7. The second kappa shape index (κ2) is 6.98. The second-order valence-electron chi connectivity index (χ2n) is 5.53. The molecule has 2 aromatic rings. The third-order valence-corrected chi connectivity index (χ3v) is 4.36. The van der Waals surface area contributed by atoms with Crippen molar-refractivity contribution in [3.05, 3.63) is 59.4 Å². The lowest BCUT2D eigenvalue weighted by atomic mass is 10.1. The molecule has 3 rings (SSSR count). The van der Waals surface area contributed by atoms with Crippen molar-refractivity contribution in [2.24, 2.45) is 0 Å². The van der Waals surface area contributed by atoms with Crippen LogP contribution >= 0.6 is 11.6 Å². The Morgan fingerprint density at radius 3 is 2.39 bits per heavy atom. The molecule has 0 radical (unpaired) electrons. The van der Waals surface area contributed by atoms with E-state index in [0.717, 1.165) is 29.4 Å². The van der Waals surface area contributed by atoms with E-state index in [0.29, 0.717) is 13.1 Å². The zero-order chi connectivity index (χ0) is 16.2. The zero-order valence-electron chi connectivity index (χ0n) is 12.6. The third-order valence-electron chi connectivity index (χ3n) is 4.11. The van der Waals surface area contributed by atoms with Gasteiger partial charge in [0.2, 0.25) is 0 Å². The number of nitrogens with zero attached hydrogens (tertiary/aromatic N) is 3. The van der Waals surface area contributed by atoms with Crippen molar-refractivity contribution in [2.75, 3.05) is 31.1 Å². The summed E-state index contributed by atoms with van der Waals surface area (Å²) in [7, 11) is 0. The summed E-state index contributed by atoms with van der Waals surface area (Å²) in [6, 6.07) is 10.7. The van der Waals surface area contributed by atoms with Crippen LogP contribution in [-0.4, -0.2) is 47.1 Å². The Bertz CT molecular complexity index is 655. The SMILES string of the molecule is O=C(O)C(c1cccnc1)N1CCN(c2ccc(Cl)cc2)CC1. The maximum absolute atomic E-state index is 11.7. The molecule has 5 nitrogen and oxygen atoms in total. The minimum atomic E-state index is -0.835. The summed E-state index contributed by atoms with van der Waals surface area (Å²) < 4.78 is 0. The van der Waals surface area contributed by atoms with E-state index in [1.165, 1.54) is 0 Å². The van der Waals surface area contributed by atoms with E-state index in [-0.39, 0.29) is 0 Å². The number of anilines is 1. The number of carbonyl (C=O) groups is 1. The van der Waals surface area contributed by atoms with Crippen LogP contribution in [0.1, 0.15) is 11.6 Å². The highest BCUT2D eigenvalue weighted by atomic mass is 35.5. The normalized spacial score (nSPS) is 17.0. The van der Waals surface area contributed by atoms with Crippen molar-refractivity contribution in [1.82, 2.24) is 9.88 Å². The van der Waals surface area contributed by atoms with Crippen molar-refractivity contribution in [3.63, 3.8) is 0 Å². The third kappa shape index (κ3) is 3.63. The highest BCUT2D eigenvalue weighted by molar-refractivity contribution is 6.30. The van der Waals surface area contributed by atoms with Gasteiger partial charge in [0.25, 0.3) is 0 Å². The molecule has 1 aliphatic heterocycles. The van der Waals surface area contributed by atoms with Crippen LogP contribution < -0.4 is 4.90 Å². The summed E-state index contributed by atoms with van der Waals surface area (Å²) in [5, 5.41) is 10.3. The van der Waals surface area contributed by atoms with Gasteiger partial charge in [0, 0.05) is 49.3 Å². The van der Waals surface area contributed by atoms with E-state index in [1.54, 1.807) is 18.5 Å². The number of pyridine rings is 1. The Labute approximate surface area is 140 Å². The van der Waals surface area contributed by atoms with Gasteiger partial charge >= 0.3 is 5.97 Å². The molecule has 1 saturated heterocycles. The number of carboxylic acids is 1. The van der Waals surface area contributed by atoms with Crippen LogP contribution in [0.4, 0.5) is 5.69 Å². The summed E-state index contributed by atoms with van der Waals surface area (Å²) >= 11 is 5.92. The summed E-state index contributed by atoms with van der Waals surface area (Å²) in [4.78, 5) is 20.0. The van der Waals surface area contributed by atoms with Crippen LogP contribution in [0.15, 0.2) is 48.8 Å². The molecule has 0 aliphatic carbocycles. The van der Waals surface area contributed by atoms with E-state index >= 15 is 0 Å². The molecule has 6 heteroatoms. The van der Waals surface area contributed by atoms with Crippen LogP contribution in [0, 0.1) is 0 Å². The number of hydrogen-bond donors (Lipinski definition) is 1. The Balaban J connectivity index is 1.69. The highest BCUT2D eigenvalue weighted by Crippen LogP contribution is 2.24. The molecule has 1 unspecified atom stereocenters. The van der Waals surface area contributed by atoms with Crippen LogP contribution in [-0.2, 0) is 4.79 Å². The monoisotopic (exact) mass is 331 g/mol. The van der Waals surface area contributed by atoms with Gasteiger partial charge in [-0.15, -0.1) is 0 Å². The lowest BCUT2D eigenvalue weighted by Crippen LogP contribution is -2.49. The van der Waals surface area contributed by atoms with Crippen LogP contribution in [0.25, 0.3) is 0 Å². The summed E-state index contributed by atoms with van der Waals surface area (Å²) in [5.74, 6) is -0.835. The van der Waals surface area contributed by atoms with Gasteiger partial charge in [0.15, 0.2) is 0 Å².